The highest BCUT2D eigenvalue weighted by molar-refractivity contribution is 5.45. The lowest BCUT2D eigenvalue weighted by Crippen LogP contribution is -2.49. The van der Waals surface area contributed by atoms with Crippen molar-refractivity contribution >= 4 is 5.69 Å². The molecule has 1 aliphatic rings. The standard InChI is InChI=1S/C15H24N2/c1-3-10-15(11-7-12-16-15)13-17(2)14-8-5-4-6-9-14/h4-6,8-9,16H,3,7,10-13H2,1-2H3. The third kappa shape index (κ3) is 3.01. The van der Waals surface area contributed by atoms with Gasteiger partial charge in [-0.25, -0.2) is 0 Å². The van der Waals surface area contributed by atoms with E-state index >= 15 is 0 Å². The van der Waals surface area contributed by atoms with Crippen molar-refractivity contribution in [2.24, 2.45) is 0 Å². The van der Waals surface area contributed by atoms with E-state index in [1.54, 1.807) is 0 Å². The van der Waals surface area contributed by atoms with Gasteiger partial charge in [0, 0.05) is 24.8 Å². The van der Waals surface area contributed by atoms with Crippen LogP contribution in [0.2, 0.25) is 0 Å². The second kappa shape index (κ2) is 5.54. The molecular weight excluding hydrogens is 208 g/mol. The van der Waals surface area contributed by atoms with Gasteiger partial charge in [-0.15, -0.1) is 0 Å². The molecule has 0 radical (unpaired) electrons. The van der Waals surface area contributed by atoms with E-state index in [9.17, 15) is 0 Å². The summed E-state index contributed by atoms with van der Waals surface area (Å²) < 4.78 is 0. The Morgan fingerprint density at radius 1 is 1.29 bits per heavy atom. The number of rotatable bonds is 5. The van der Waals surface area contributed by atoms with Gasteiger partial charge in [0.1, 0.15) is 0 Å². The van der Waals surface area contributed by atoms with Gasteiger partial charge in [-0.1, -0.05) is 31.5 Å². The van der Waals surface area contributed by atoms with E-state index in [4.69, 9.17) is 0 Å². The minimum Gasteiger partial charge on any atom is -0.373 e. The van der Waals surface area contributed by atoms with E-state index < -0.39 is 0 Å². The highest BCUT2D eigenvalue weighted by Gasteiger charge is 2.33. The Morgan fingerprint density at radius 3 is 2.65 bits per heavy atom. The molecule has 1 aromatic rings. The van der Waals surface area contributed by atoms with Crippen LogP contribution in [-0.2, 0) is 0 Å². The fourth-order valence-electron chi connectivity index (χ4n) is 3.00. The summed E-state index contributed by atoms with van der Waals surface area (Å²) in [6, 6.07) is 10.7. The lowest BCUT2D eigenvalue weighted by Gasteiger charge is -2.35. The van der Waals surface area contributed by atoms with Gasteiger partial charge in [0.15, 0.2) is 0 Å². The maximum absolute atomic E-state index is 3.73. The molecule has 2 rings (SSSR count). The average molecular weight is 232 g/mol. The summed E-state index contributed by atoms with van der Waals surface area (Å²) in [5.41, 5.74) is 1.66. The topological polar surface area (TPSA) is 15.3 Å². The molecule has 1 aliphatic heterocycles. The number of para-hydroxylation sites is 1. The molecule has 1 unspecified atom stereocenters. The van der Waals surface area contributed by atoms with Crippen molar-refractivity contribution in [3.05, 3.63) is 30.3 Å². The molecule has 2 nitrogen and oxygen atoms in total. The number of nitrogens with zero attached hydrogens (tertiary/aromatic N) is 1. The molecule has 0 aliphatic carbocycles. The fraction of sp³-hybridized carbons (Fsp3) is 0.600. The molecule has 1 fully saturated rings. The van der Waals surface area contributed by atoms with E-state index in [-0.39, 0.29) is 0 Å². The number of hydrogen-bond acceptors (Lipinski definition) is 2. The van der Waals surface area contributed by atoms with Crippen LogP contribution in [0.25, 0.3) is 0 Å². The molecule has 2 heteroatoms. The van der Waals surface area contributed by atoms with E-state index in [1.165, 1.54) is 37.9 Å². The van der Waals surface area contributed by atoms with Crippen molar-refractivity contribution in [2.75, 3.05) is 25.0 Å². The van der Waals surface area contributed by atoms with Gasteiger partial charge >= 0.3 is 0 Å². The van der Waals surface area contributed by atoms with Crippen LogP contribution in [0.15, 0.2) is 30.3 Å². The minimum absolute atomic E-state index is 0.347. The van der Waals surface area contributed by atoms with Crippen LogP contribution in [0.4, 0.5) is 5.69 Å². The maximum atomic E-state index is 3.73. The van der Waals surface area contributed by atoms with Crippen LogP contribution in [0, 0.1) is 0 Å². The Labute approximate surface area is 105 Å². The third-order valence-corrected chi connectivity index (χ3v) is 3.80. The van der Waals surface area contributed by atoms with E-state index in [0.717, 1.165) is 6.54 Å². The minimum atomic E-state index is 0.347. The summed E-state index contributed by atoms with van der Waals surface area (Å²) in [4.78, 5) is 2.38. The Balaban J connectivity index is 2.03. The second-order valence-electron chi connectivity index (χ2n) is 5.25. The van der Waals surface area contributed by atoms with Gasteiger partial charge in [-0.05, 0) is 37.9 Å². The molecule has 0 amide bonds. The summed E-state index contributed by atoms with van der Waals surface area (Å²) >= 11 is 0. The molecule has 0 saturated carbocycles. The van der Waals surface area contributed by atoms with Crippen LogP contribution in [-0.4, -0.2) is 25.7 Å². The van der Waals surface area contributed by atoms with E-state index in [2.05, 4.69) is 54.5 Å². The van der Waals surface area contributed by atoms with Gasteiger partial charge in [-0.3, -0.25) is 0 Å². The van der Waals surface area contributed by atoms with Crippen LogP contribution in [0.3, 0.4) is 0 Å². The summed E-state index contributed by atoms with van der Waals surface area (Å²) in [5, 5.41) is 3.73. The number of anilines is 1. The Bertz CT molecular complexity index is 328. The molecule has 1 atom stereocenters. The Morgan fingerprint density at radius 2 is 2.06 bits per heavy atom. The van der Waals surface area contributed by atoms with Crippen molar-refractivity contribution in [2.45, 2.75) is 38.1 Å². The number of hydrogen-bond donors (Lipinski definition) is 1. The summed E-state index contributed by atoms with van der Waals surface area (Å²) in [5.74, 6) is 0. The van der Waals surface area contributed by atoms with Crippen LogP contribution >= 0.6 is 0 Å². The maximum Gasteiger partial charge on any atom is 0.0364 e. The van der Waals surface area contributed by atoms with Gasteiger partial charge in [0.05, 0.1) is 0 Å². The summed E-state index contributed by atoms with van der Waals surface area (Å²) in [7, 11) is 2.20. The zero-order valence-corrected chi connectivity index (χ0v) is 11.1. The molecular formula is C15H24N2. The third-order valence-electron chi connectivity index (χ3n) is 3.80. The van der Waals surface area contributed by atoms with E-state index in [1.807, 2.05) is 0 Å². The zero-order chi connectivity index (χ0) is 12.1. The van der Waals surface area contributed by atoms with Crippen LogP contribution in [0.5, 0.6) is 0 Å². The quantitative estimate of drug-likeness (QED) is 0.839. The molecule has 1 saturated heterocycles. The second-order valence-corrected chi connectivity index (χ2v) is 5.25. The van der Waals surface area contributed by atoms with E-state index in [0.29, 0.717) is 5.54 Å². The van der Waals surface area contributed by atoms with Crippen LogP contribution < -0.4 is 10.2 Å². The summed E-state index contributed by atoms with van der Waals surface area (Å²) in [6.07, 6.45) is 5.18. The number of nitrogens with one attached hydrogen (secondary N) is 1. The lowest BCUT2D eigenvalue weighted by atomic mass is 9.91. The van der Waals surface area contributed by atoms with Crippen molar-refractivity contribution in [3.8, 4) is 0 Å². The average Bonchev–Trinajstić information content (AvgIpc) is 2.79. The van der Waals surface area contributed by atoms with Crippen LogP contribution in [0.1, 0.15) is 32.6 Å². The highest BCUT2D eigenvalue weighted by atomic mass is 15.2. The van der Waals surface area contributed by atoms with Gasteiger partial charge < -0.3 is 10.2 Å². The normalized spacial score (nSPS) is 23.9. The molecule has 0 bridgehead atoms. The largest absolute Gasteiger partial charge is 0.373 e. The zero-order valence-electron chi connectivity index (χ0n) is 11.1. The molecule has 94 valence electrons. The Hall–Kier alpha value is -1.02. The first kappa shape index (κ1) is 12.4. The molecule has 0 aromatic heterocycles. The van der Waals surface area contributed by atoms with Crippen molar-refractivity contribution < 1.29 is 0 Å². The molecule has 1 heterocycles. The van der Waals surface area contributed by atoms with Gasteiger partial charge in [0.25, 0.3) is 0 Å². The lowest BCUT2D eigenvalue weighted by molar-refractivity contribution is 0.349. The molecule has 1 aromatic carbocycles. The first-order valence-corrected chi connectivity index (χ1v) is 6.77. The SMILES string of the molecule is CCCC1(CN(C)c2ccccc2)CCCN1. The number of benzene rings is 1. The van der Waals surface area contributed by atoms with Gasteiger partial charge in [-0.2, -0.15) is 0 Å². The van der Waals surface area contributed by atoms with Crippen molar-refractivity contribution in [1.82, 2.24) is 5.32 Å². The smallest absolute Gasteiger partial charge is 0.0364 e. The van der Waals surface area contributed by atoms with Gasteiger partial charge in [0.2, 0.25) is 0 Å². The highest BCUT2D eigenvalue weighted by Crippen LogP contribution is 2.27. The monoisotopic (exact) mass is 232 g/mol. The Kier molecular flexibility index (Phi) is 4.06. The molecule has 0 spiro atoms. The number of likely N-dealkylation sites (N-methyl/N-ethyl adjacent to an activating group) is 1. The summed E-state index contributed by atoms with van der Waals surface area (Å²) in [6.45, 7) is 4.58. The predicted molar refractivity (Wildman–Crippen MR) is 74.6 cm³/mol. The van der Waals surface area contributed by atoms with Crippen molar-refractivity contribution in [3.63, 3.8) is 0 Å². The van der Waals surface area contributed by atoms with Crippen molar-refractivity contribution in [1.29, 1.82) is 0 Å². The fourth-order valence-corrected chi connectivity index (χ4v) is 3.00. The first-order chi connectivity index (χ1) is 8.26. The predicted octanol–water partition coefficient (Wildman–Crippen LogP) is 3.05. The first-order valence-electron chi connectivity index (χ1n) is 6.77. The molecule has 1 N–H and O–H groups in total. The molecule has 17 heavy (non-hydrogen) atoms.